The number of halogens is 3. The maximum absolute atomic E-state index is 13.1. The van der Waals surface area contributed by atoms with E-state index in [1.165, 1.54) is 11.0 Å². The lowest BCUT2D eigenvalue weighted by molar-refractivity contribution is -0.137. The molecule has 120 valence electrons. The maximum Gasteiger partial charge on any atom is 0.418 e. The summed E-state index contributed by atoms with van der Waals surface area (Å²) in [4.78, 5) is 1.46. The third-order valence-corrected chi connectivity index (χ3v) is 3.29. The largest absolute Gasteiger partial charge is 0.418 e. The molecule has 0 aliphatic carbocycles. The molecule has 1 aromatic carbocycles. The van der Waals surface area contributed by atoms with Crippen LogP contribution in [0.5, 0.6) is 0 Å². The third-order valence-electron chi connectivity index (χ3n) is 3.29. The standard InChI is InChI=1S/C15H19F3N4/c1-4-22-10-11(9-20-22)8-19-12-5-6-14(21(2)3)13(7-12)15(16,17)18/h5-7,9-10,19H,4,8H2,1-3H3. The quantitative estimate of drug-likeness (QED) is 0.916. The van der Waals surface area contributed by atoms with Gasteiger partial charge < -0.3 is 10.2 Å². The van der Waals surface area contributed by atoms with Crippen molar-refractivity contribution in [2.45, 2.75) is 26.2 Å². The molecule has 0 bridgehead atoms. The van der Waals surface area contributed by atoms with Gasteiger partial charge in [-0.25, -0.2) is 0 Å². The van der Waals surface area contributed by atoms with Crippen molar-refractivity contribution >= 4 is 11.4 Å². The highest BCUT2D eigenvalue weighted by Crippen LogP contribution is 2.37. The van der Waals surface area contributed by atoms with Crippen LogP contribution in [0.3, 0.4) is 0 Å². The summed E-state index contributed by atoms with van der Waals surface area (Å²) in [7, 11) is 3.19. The van der Waals surface area contributed by atoms with E-state index < -0.39 is 11.7 Å². The van der Waals surface area contributed by atoms with Crippen LogP contribution in [0, 0.1) is 0 Å². The van der Waals surface area contributed by atoms with Crippen molar-refractivity contribution in [2.75, 3.05) is 24.3 Å². The molecular formula is C15H19F3N4. The summed E-state index contributed by atoms with van der Waals surface area (Å²) in [6.07, 6.45) is -0.814. The Morgan fingerprint density at radius 1 is 1.27 bits per heavy atom. The average Bonchev–Trinajstić information content (AvgIpc) is 2.91. The molecule has 0 radical (unpaired) electrons. The van der Waals surface area contributed by atoms with E-state index in [1.54, 1.807) is 31.0 Å². The lowest BCUT2D eigenvalue weighted by Crippen LogP contribution is -2.17. The van der Waals surface area contributed by atoms with Crippen molar-refractivity contribution in [3.63, 3.8) is 0 Å². The van der Waals surface area contributed by atoms with E-state index in [4.69, 9.17) is 0 Å². The summed E-state index contributed by atoms with van der Waals surface area (Å²) in [5.74, 6) is 0. The van der Waals surface area contributed by atoms with Gasteiger partial charge in [0.25, 0.3) is 0 Å². The zero-order chi connectivity index (χ0) is 16.3. The summed E-state index contributed by atoms with van der Waals surface area (Å²) >= 11 is 0. The molecule has 2 rings (SSSR count). The van der Waals surface area contributed by atoms with Crippen LogP contribution in [0.4, 0.5) is 24.5 Å². The molecule has 0 saturated heterocycles. The van der Waals surface area contributed by atoms with Crippen LogP contribution in [-0.2, 0) is 19.3 Å². The first-order chi connectivity index (χ1) is 10.3. The topological polar surface area (TPSA) is 33.1 Å². The van der Waals surface area contributed by atoms with Gasteiger partial charge in [0.15, 0.2) is 0 Å². The lowest BCUT2D eigenvalue weighted by atomic mass is 10.1. The fraction of sp³-hybridized carbons (Fsp3) is 0.400. The summed E-state index contributed by atoms with van der Waals surface area (Å²) in [6.45, 7) is 3.16. The first-order valence-corrected chi connectivity index (χ1v) is 6.95. The van der Waals surface area contributed by atoms with Crippen LogP contribution >= 0.6 is 0 Å². The molecule has 4 nitrogen and oxygen atoms in total. The van der Waals surface area contributed by atoms with Gasteiger partial charge in [-0.05, 0) is 25.1 Å². The van der Waals surface area contributed by atoms with Gasteiger partial charge in [0.05, 0.1) is 11.8 Å². The molecule has 2 aromatic rings. The molecule has 1 heterocycles. The summed E-state index contributed by atoms with van der Waals surface area (Å²) < 4.78 is 41.2. The first-order valence-electron chi connectivity index (χ1n) is 6.95. The Morgan fingerprint density at radius 3 is 2.55 bits per heavy atom. The summed E-state index contributed by atoms with van der Waals surface area (Å²) in [6, 6.07) is 4.26. The Balaban J connectivity index is 2.18. The highest BCUT2D eigenvalue weighted by molar-refractivity contribution is 5.61. The van der Waals surface area contributed by atoms with Crippen LogP contribution in [0.15, 0.2) is 30.6 Å². The van der Waals surface area contributed by atoms with E-state index in [1.807, 2.05) is 13.1 Å². The van der Waals surface area contributed by atoms with E-state index in [0.717, 1.165) is 18.2 Å². The summed E-state index contributed by atoms with van der Waals surface area (Å²) in [5.41, 5.74) is 0.859. The minimum atomic E-state index is -4.38. The van der Waals surface area contributed by atoms with Gasteiger partial charge in [0.2, 0.25) is 0 Å². The van der Waals surface area contributed by atoms with E-state index in [2.05, 4.69) is 10.4 Å². The van der Waals surface area contributed by atoms with Crippen LogP contribution in [-0.4, -0.2) is 23.9 Å². The van der Waals surface area contributed by atoms with Crippen molar-refractivity contribution in [1.82, 2.24) is 9.78 Å². The number of nitrogens with zero attached hydrogens (tertiary/aromatic N) is 3. The molecule has 0 fully saturated rings. The van der Waals surface area contributed by atoms with E-state index in [0.29, 0.717) is 12.2 Å². The van der Waals surface area contributed by atoms with Crippen LogP contribution < -0.4 is 10.2 Å². The van der Waals surface area contributed by atoms with Crippen molar-refractivity contribution in [2.24, 2.45) is 0 Å². The molecular weight excluding hydrogens is 293 g/mol. The molecule has 1 N–H and O–H groups in total. The monoisotopic (exact) mass is 312 g/mol. The van der Waals surface area contributed by atoms with Crippen LogP contribution in [0.25, 0.3) is 0 Å². The number of hydrogen-bond acceptors (Lipinski definition) is 3. The van der Waals surface area contributed by atoms with Crippen LogP contribution in [0.1, 0.15) is 18.1 Å². The van der Waals surface area contributed by atoms with E-state index in [9.17, 15) is 13.2 Å². The number of hydrogen-bond donors (Lipinski definition) is 1. The molecule has 1 aromatic heterocycles. The predicted octanol–water partition coefficient (Wildman–Crippen LogP) is 3.60. The van der Waals surface area contributed by atoms with Crippen molar-refractivity contribution < 1.29 is 13.2 Å². The number of aromatic nitrogens is 2. The fourth-order valence-corrected chi connectivity index (χ4v) is 2.14. The smallest absolute Gasteiger partial charge is 0.381 e. The van der Waals surface area contributed by atoms with Crippen molar-refractivity contribution in [1.29, 1.82) is 0 Å². The second-order valence-corrected chi connectivity index (χ2v) is 5.18. The minimum absolute atomic E-state index is 0.150. The maximum atomic E-state index is 13.1. The van der Waals surface area contributed by atoms with Gasteiger partial charge in [-0.3, -0.25) is 4.68 Å². The molecule has 0 unspecified atom stereocenters. The average molecular weight is 312 g/mol. The van der Waals surface area contributed by atoms with Gasteiger partial charge in [-0.15, -0.1) is 0 Å². The number of benzene rings is 1. The molecule has 7 heteroatoms. The zero-order valence-electron chi connectivity index (χ0n) is 12.8. The summed E-state index contributed by atoms with van der Waals surface area (Å²) in [5, 5.41) is 7.14. The Morgan fingerprint density at radius 2 is 2.00 bits per heavy atom. The Hall–Kier alpha value is -2.18. The molecule has 22 heavy (non-hydrogen) atoms. The SMILES string of the molecule is CCn1cc(CNc2ccc(N(C)C)c(C(F)(F)F)c2)cn1. The minimum Gasteiger partial charge on any atom is -0.381 e. The number of rotatable bonds is 5. The van der Waals surface area contributed by atoms with Gasteiger partial charge >= 0.3 is 6.18 Å². The Kier molecular flexibility index (Phi) is 4.63. The van der Waals surface area contributed by atoms with Gasteiger partial charge in [-0.2, -0.15) is 18.3 Å². The number of aryl methyl sites for hydroxylation is 1. The van der Waals surface area contributed by atoms with Crippen LogP contribution in [0.2, 0.25) is 0 Å². The molecule has 0 spiro atoms. The second-order valence-electron chi connectivity index (χ2n) is 5.18. The Bertz CT molecular complexity index is 632. The third kappa shape index (κ3) is 3.72. The molecule has 0 amide bonds. The second kappa shape index (κ2) is 6.29. The fourth-order valence-electron chi connectivity index (χ4n) is 2.14. The van der Waals surface area contributed by atoms with Gasteiger partial charge in [-0.1, -0.05) is 0 Å². The molecule has 0 aliphatic heterocycles. The lowest BCUT2D eigenvalue weighted by Gasteiger charge is -2.20. The number of nitrogens with one attached hydrogen (secondary N) is 1. The molecule has 0 aliphatic rings. The number of anilines is 2. The van der Waals surface area contributed by atoms with Gasteiger partial charge in [0.1, 0.15) is 0 Å². The molecule has 0 saturated carbocycles. The van der Waals surface area contributed by atoms with Gasteiger partial charge in [0, 0.05) is 50.3 Å². The number of alkyl halides is 3. The van der Waals surface area contributed by atoms with E-state index in [-0.39, 0.29) is 5.69 Å². The van der Waals surface area contributed by atoms with E-state index >= 15 is 0 Å². The highest BCUT2D eigenvalue weighted by atomic mass is 19.4. The zero-order valence-corrected chi connectivity index (χ0v) is 12.8. The molecule has 0 atom stereocenters. The highest BCUT2D eigenvalue weighted by Gasteiger charge is 2.34. The first kappa shape index (κ1) is 16.2. The normalized spacial score (nSPS) is 11.5. The Labute approximate surface area is 127 Å². The van der Waals surface area contributed by atoms with Crippen molar-refractivity contribution in [3.8, 4) is 0 Å². The predicted molar refractivity (Wildman–Crippen MR) is 81.0 cm³/mol. The van der Waals surface area contributed by atoms with Crippen molar-refractivity contribution in [3.05, 3.63) is 41.7 Å².